The second-order valence-electron chi connectivity index (χ2n) is 5.55. The normalized spacial score (nSPS) is 12.8. The fraction of sp³-hybridized carbons (Fsp3) is 0.222. The van der Waals surface area contributed by atoms with Crippen LogP contribution in [0.25, 0.3) is 0 Å². The van der Waals surface area contributed by atoms with Gasteiger partial charge in [0.25, 0.3) is 0 Å². The van der Waals surface area contributed by atoms with Crippen molar-refractivity contribution >= 4 is 38.9 Å². The first-order chi connectivity index (χ1) is 11.1. The van der Waals surface area contributed by atoms with Crippen molar-refractivity contribution in [3.8, 4) is 0 Å². The van der Waals surface area contributed by atoms with Gasteiger partial charge in [0, 0.05) is 27.8 Å². The van der Waals surface area contributed by atoms with Crippen molar-refractivity contribution < 1.29 is 9.59 Å². The fourth-order valence-corrected chi connectivity index (χ4v) is 3.25. The topological polar surface area (TPSA) is 72.2 Å². The number of nitrogen functional groups attached to an aromatic ring is 1. The van der Waals surface area contributed by atoms with Crippen LogP contribution in [0, 0.1) is 0 Å². The van der Waals surface area contributed by atoms with Crippen molar-refractivity contribution in [1.29, 1.82) is 0 Å². The first-order valence-electron chi connectivity index (χ1n) is 7.60. The molecule has 0 radical (unpaired) electrons. The van der Waals surface area contributed by atoms with E-state index in [-0.39, 0.29) is 11.6 Å². The Morgan fingerprint density at radius 2 is 1.70 bits per heavy atom. The van der Waals surface area contributed by atoms with Crippen molar-refractivity contribution in [1.82, 2.24) is 0 Å². The predicted octanol–water partition coefficient (Wildman–Crippen LogP) is 4.02. The number of unbranched alkanes of at least 4 members (excludes halogenated alkanes) is 1. The van der Waals surface area contributed by atoms with E-state index in [9.17, 15) is 9.59 Å². The van der Waals surface area contributed by atoms with E-state index >= 15 is 0 Å². The zero-order chi connectivity index (χ0) is 16.6. The molecule has 0 saturated heterocycles. The Kier molecular flexibility index (Phi) is 4.22. The standard InChI is InChI=1S/C18H17BrN2O2/c1-2-3-8-21-13-9-12(19)16(20)15-14(13)17(22)10-6-4-5-7-11(10)18(15)23/h4-7,9,21H,2-3,8,20H2,1H3. The highest BCUT2D eigenvalue weighted by Crippen LogP contribution is 2.39. The molecule has 2 aromatic carbocycles. The quantitative estimate of drug-likeness (QED) is 0.535. The lowest BCUT2D eigenvalue weighted by molar-refractivity contribution is 0.0980. The molecular weight excluding hydrogens is 356 g/mol. The van der Waals surface area contributed by atoms with Gasteiger partial charge in [-0.05, 0) is 28.4 Å². The van der Waals surface area contributed by atoms with Gasteiger partial charge in [-0.15, -0.1) is 0 Å². The molecule has 0 unspecified atom stereocenters. The van der Waals surface area contributed by atoms with Crippen molar-refractivity contribution in [2.45, 2.75) is 19.8 Å². The van der Waals surface area contributed by atoms with Crippen LogP contribution in [0.4, 0.5) is 11.4 Å². The lowest BCUT2D eigenvalue weighted by Gasteiger charge is -2.23. The number of nitrogens with one attached hydrogen (secondary N) is 1. The van der Waals surface area contributed by atoms with E-state index in [1.807, 2.05) is 0 Å². The van der Waals surface area contributed by atoms with Gasteiger partial charge < -0.3 is 11.1 Å². The van der Waals surface area contributed by atoms with Crippen molar-refractivity contribution in [3.05, 3.63) is 57.1 Å². The molecule has 0 atom stereocenters. The van der Waals surface area contributed by atoms with Crippen LogP contribution in [0.3, 0.4) is 0 Å². The minimum absolute atomic E-state index is 0.159. The van der Waals surface area contributed by atoms with Gasteiger partial charge in [0.15, 0.2) is 11.6 Å². The smallest absolute Gasteiger partial charge is 0.196 e. The van der Waals surface area contributed by atoms with Gasteiger partial charge in [0.1, 0.15) is 0 Å². The van der Waals surface area contributed by atoms with Crippen LogP contribution >= 0.6 is 15.9 Å². The maximum Gasteiger partial charge on any atom is 0.196 e. The molecule has 5 heteroatoms. The molecule has 0 saturated carbocycles. The molecule has 1 aliphatic carbocycles. The van der Waals surface area contributed by atoms with Crippen molar-refractivity contribution in [2.75, 3.05) is 17.6 Å². The van der Waals surface area contributed by atoms with Gasteiger partial charge in [-0.25, -0.2) is 0 Å². The Bertz CT molecular complexity index is 815. The number of nitrogens with two attached hydrogens (primary N) is 1. The number of carbonyl (C=O) groups excluding carboxylic acids is 2. The molecular formula is C18H17BrN2O2. The highest BCUT2D eigenvalue weighted by molar-refractivity contribution is 9.10. The number of ketones is 2. The molecule has 0 amide bonds. The first-order valence-corrected chi connectivity index (χ1v) is 8.39. The van der Waals surface area contributed by atoms with E-state index in [0.717, 1.165) is 19.4 Å². The third kappa shape index (κ3) is 2.55. The molecule has 23 heavy (non-hydrogen) atoms. The minimum atomic E-state index is -0.201. The Balaban J connectivity index is 2.20. The molecule has 118 valence electrons. The van der Waals surface area contributed by atoms with Gasteiger partial charge >= 0.3 is 0 Å². The van der Waals surface area contributed by atoms with E-state index in [1.54, 1.807) is 30.3 Å². The zero-order valence-corrected chi connectivity index (χ0v) is 14.4. The van der Waals surface area contributed by atoms with Crippen LogP contribution < -0.4 is 11.1 Å². The second-order valence-corrected chi connectivity index (χ2v) is 6.41. The average molecular weight is 373 g/mol. The average Bonchev–Trinajstić information content (AvgIpc) is 2.56. The largest absolute Gasteiger partial charge is 0.397 e. The van der Waals surface area contributed by atoms with E-state index in [1.165, 1.54) is 0 Å². The minimum Gasteiger partial charge on any atom is -0.397 e. The molecule has 4 nitrogen and oxygen atoms in total. The molecule has 1 aliphatic rings. The summed E-state index contributed by atoms with van der Waals surface area (Å²) >= 11 is 3.39. The highest BCUT2D eigenvalue weighted by atomic mass is 79.9. The second kappa shape index (κ2) is 6.16. The summed E-state index contributed by atoms with van der Waals surface area (Å²) in [4.78, 5) is 25.7. The molecule has 0 heterocycles. The lowest BCUT2D eigenvalue weighted by atomic mass is 9.82. The Morgan fingerprint density at radius 3 is 2.30 bits per heavy atom. The molecule has 0 fully saturated rings. The van der Waals surface area contributed by atoms with Crippen molar-refractivity contribution in [2.24, 2.45) is 0 Å². The van der Waals surface area contributed by atoms with Gasteiger partial charge in [0.05, 0.1) is 16.8 Å². The number of fused-ring (bicyclic) bond motifs is 2. The molecule has 3 N–H and O–H groups in total. The summed E-state index contributed by atoms with van der Waals surface area (Å²) in [6.45, 7) is 2.84. The number of carbonyl (C=O) groups is 2. The van der Waals surface area contributed by atoms with Gasteiger partial charge in [-0.2, -0.15) is 0 Å². The summed E-state index contributed by atoms with van der Waals surface area (Å²) in [5.41, 5.74) is 8.58. The van der Waals surface area contributed by atoms with Crippen molar-refractivity contribution in [3.63, 3.8) is 0 Å². The van der Waals surface area contributed by atoms with Gasteiger partial charge in [0.2, 0.25) is 0 Å². The van der Waals surface area contributed by atoms with Gasteiger partial charge in [-0.3, -0.25) is 9.59 Å². The summed E-state index contributed by atoms with van der Waals surface area (Å²) in [5, 5.41) is 3.26. The number of anilines is 2. The molecule has 2 aromatic rings. The predicted molar refractivity (Wildman–Crippen MR) is 95.3 cm³/mol. The third-order valence-corrected chi connectivity index (χ3v) is 4.69. The number of hydrogen-bond donors (Lipinski definition) is 2. The number of hydrogen-bond acceptors (Lipinski definition) is 4. The molecule has 0 aromatic heterocycles. The first kappa shape index (κ1) is 15.7. The number of benzene rings is 2. The van der Waals surface area contributed by atoms with E-state index in [0.29, 0.717) is 38.1 Å². The lowest BCUT2D eigenvalue weighted by Crippen LogP contribution is -2.24. The monoisotopic (exact) mass is 372 g/mol. The fourth-order valence-electron chi connectivity index (χ4n) is 2.82. The zero-order valence-electron chi connectivity index (χ0n) is 12.8. The Labute approximate surface area is 143 Å². The summed E-state index contributed by atoms with van der Waals surface area (Å²) in [6, 6.07) is 8.66. The van der Waals surface area contributed by atoms with Crippen LogP contribution in [0.1, 0.15) is 51.6 Å². The number of rotatable bonds is 4. The van der Waals surface area contributed by atoms with Crippen LogP contribution in [0.2, 0.25) is 0 Å². The molecule has 0 spiro atoms. The van der Waals surface area contributed by atoms with Crippen LogP contribution in [-0.4, -0.2) is 18.1 Å². The van der Waals surface area contributed by atoms with E-state index in [2.05, 4.69) is 28.2 Å². The molecule has 3 rings (SSSR count). The maximum absolute atomic E-state index is 12.9. The van der Waals surface area contributed by atoms with E-state index in [4.69, 9.17) is 5.73 Å². The third-order valence-electron chi connectivity index (χ3n) is 4.03. The summed E-state index contributed by atoms with van der Waals surface area (Å²) in [7, 11) is 0. The van der Waals surface area contributed by atoms with Crippen LogP contribution in [0.15, 0.2) is 34.8 Å². The maximum atomic E-state index is 12.9. The summed E-state index contributed by atoms with van der Waals surface area (Å²) < 4.78 is 0.621. The summed E-state index contributed by atoms with van der Waals surface area (Å²) in [5.74, 6) is -0.360. The summed E-state index contributed by atoms with van der Waals surface area (Å²) in [6.07, 6.45) is 2.02. The molecule has 0 bridgehead atoms. The highest BCUT2D eigenvalue weighted by Gasteiger charge is 2.34. The van der Waals surface area contributed by atoms with Gasteiger partial charge in [-0.1, -0.05) is 37.6 Å². The van der Waals surface area contributed by atoms with Crippen LogP contribution in [-0.2, 0) is 0 Å². The Hall–Kier alpha value is -2.14. The van der Waals surface area contributed by atoms with Crippen LogP contribution in [0.5, 0.6) is 0 Å². The molecule has 0 aliphatic heterocycles. The number of halogens is 1. The SMILES string of the molecule is CCCCNc1cc(Br)c(N)c2c1C(=O)c1ccccc1C2=O. The van der Waals surface area contributed by atoms with E-state index < -0.39 is 0 Å². The Morgan fingerprint density at radius 1 is 1.09 bits per heavy atom.